The summed E-state index contributed by atoms with van der Waals surface area (Å²) in [6.45, 7) is 0. The zero-order valence-electron chi connectivity index (χ0n) is 13.6. The molecule has 0 atom stereocenters. The van der Waals surface area contributed by atoms with E-state index < -0.39 is 18.0 Å². The molecule has 0 fully saturated rings. The van der Waals surface area contributed by atoms with Gasteiger partial charge in [-0.1, -0.05) is 42.5 Å². The lowest BCUT2D eigenvalue weighted by molar-refractivity contribution is -0.167. The van der Waals surface area contributed by atoms with E-state index in [0.717, 1.165) is 5.56 Å². The Hall–Kier alpha value is -3.20. The van der Waals surface area contributed by atoms with Crippen molar-refractivity contribution in [1.29, 1.82) is 0 Å². The van der Waals surface area contributed by atoms with Crippen LogP contribution >= 0.6 is 11.3 Å². The Morgan fingerprint density at radius 2 is 1.59 bits per heavy atom. The van der Waals surface area contributed by atoms with Crippen LogP contribution in [0.3, 0.4) is 0 Å². The number of rotatable bonds is 4. The summed E-state index contributed by atoms with van der Waals surface area (Å²) in [6.07, 6.45) is -5.05. The average Bonchev–Trinajstić information content (AvgIpc) is 3.10. The Balaban J connectivity index is 1.78. The maximum Gasteiger partial charge on any atom is 0.471 e. The lowest BCUT2D eigenvalue weighted by atomic mass is 10.1. The normalized spacial score (nSPS) is 11.1. The smallest absolute Gasteiger partial charge is 0.317 e. The Labute approximate surface area is 155 Å². The number of aromatic nitrogens is 1. The molecule has 5 nitrogen and oxygen atoms in total. The molecule has 0 unspecified atom stereocenters. The average molecular weight is 391 g/mol. The van der Waals surface area contributed by atoms with Crippen LogP contribution in [0.4, 0.5) is 24.0 Å². The topological polar surface area (TPSA) is 71.1 Å². The van der Waals surface area contributed by atoms with Gasteiger partial charge < -0.3 is 5.32 Å². The molecule has 0 bridgehead atoms. The van der Waals surface area contributed by atoms with Crippen molar-refractivity contribution in [2.75, 3.05) is 10.6 Å². The molecule has 3 aromatic rings. The predicted octanol–water partition coefficient (Wildman–Crippen LogP) is 4.56. The quantitative estimate of drug-likeness (QED) is 0.685. The number of amides is 2. The van der Waals surface area contributed by atoms with Crippen molar-refractivity contribution in [2.24, 2.45) is 0 Å². The SMILES string of the molecule is O=C(Nc1nc(-c2ccccc2)cs1)c1ccccc1NC(=O)C(F)(F)F. The van der Waals surface area contributed by atoms with Crippen LogP contribution in [0.15, 0.2) is 60.0 Å². The lowest BCUT2D eigenvalue weighted by Gasteiger charge is -2.11. The minimum atomic E-state index is -5.05. The molecule has 0 aliphatic rings. The summed E-state index contributed by atoms with van der Waals surface area (Å²) in [5.41, 5.74) is 1.19. The van der Waals surface area contributed by atoms with E-state index in [-0.39, 0.29) is 16.4 Å². The minimum absolute atomic E-state index is 0.105. The number of para-hydroxylation sites is 1. The summed E-state index contributed by atoms with van der Waals surface area (Å²) in [6, 6.07) is 14.7. The van der Waals surface area contributed by atoms with Gasteiger partial charge in [0.05, 0.1) is 16.9 Å². The molecular weight excluding hydrogens is 379 g/mol. The van der Waals surface area contributed by atoms with E-state index in [1.807, 2.05) is 30.3 Å². The molecule has 2 amide bonds. The summed E-state index contributed by atoms with van der Waals surface area (Å²) in [7, 11) is 0. The van der Waals surface area contributed by atoms with Gasteiger partial charge in [0, 0.05) is 10.9 Å². The zero-order valence-corrected chi connectivity index (χ0v) is 14.4. The highest BCUT2D eigenvalue weighted by atomic mass is 32.1. The Morgan fingerprint density at radius 3 is 2.30 bits per heavy atom. The first-order chi connectivity index (χ1) is 12.8. The van der Waals surface area contributed by atoms with Crippen LogP contribution in [0.1, 0.15) is 10.4 Å². The third kappa shape index (κ3) is 4.50. The molecule has 9 heteroatoms. The Kier molecular flexibility index (Phi) is 5.22. The Morgan fingerprint density at radius 1 is 0.926 bits per heavy atom. The minimum Gasteiger partial charge on any atom is -0.317 e. The molecule has 1 heterocycles. The number of alkyl halides is 3. The van der Waals surface area contributed by atoms with Gasteiger partial charge in [-0.3, -0.25) is 14.9 Å². The molecule has 2 aromatic carbocycles. The van der Waals surface area contributed by atoms with Crippen molar-refractivity contribution in [3.63, 3.8) is 0 Å². The first-order valence-corrected chi connectivity index (χ1v) is 8.52. The molecule has 0 aliphatic heterocycles. The van der Waals surface area contributed by atoms with Crippen molar-refractivity contribution in [3.05, 3.63) is 65.5 Å². The van der Waals surface area contributed by atoms with E-state index in [9.17, 15) is 22.8 Å². The zero-order chi connectivity index (χ0) is 19.4. The molecule has 2 N–H and O–H groups in total. The molecule has 0 saturated heterocycles. The van der Waals surface area contributed by atoms with Gasteiger partial charge in [0.25, 0.3) is 5.91 Å². The highest BCUT2D eigenvalue weighted by molar-refractivity contribution is 7.14. The molecule has 0 saturated carbocycles. The van der Waals surface area contributed by atoms with Crippen LogP contribution in [0.25, 0.3) is 11.3 Å². The maximum atomic E-state index is 12.5. The molecule has 1 aromatic heterocycles. The molecule has 3 rings (SSSR count). The predicted molar refractivity (Wildman–Crippen MR) is 96.6 cm³/mol. The second kappa shape index (κ2) is 7.58. The van der Waals surface area contributed by atoms with E-state index in [4.69, 9.17) is 0 Å². The van der Waals surface area contributed by atoms with Crippen molar-refractivity contribution >= 4 is 34.0 Å². The first kappa shape index (κ1) is 18.6. The monoisotopic (exact) mass is 391 g/mol. The van der Waals surface area contributed by atoms with Crippen molar-refractivity contribution < 1.29 is 22.8 Å². The number of benzene rings is 2. The van der Waals surface area contributed by atoms with Crippen LogP contribution < -0.4 is 10.6 Å². The largest absolute Gasteiger partial charge is 0.471 e. The molecule has 0 radical (unpaired) electrons. The van der Waals surface area contributed by atoms with Gasteiger partial charge in [-0.2, -0.15) is 13.2 Å². The van der Waals surface area contributed by atoms with Gasteiger partial charge in [0.15, 0.2) is 5.13 Å². The van der Waals surface area contributed by atoms with Crippen LogP contribution in [-0.4, -0.2) is 23.0 Å². The number of anilines is 2. The molecule has 0 spiro atoms. The third-order valence-electron chi connectivity index (χ3n) is 3.47. The number of nitrogens with one attached hydrogen (secondary N) is 2. The standard InChI is InChI=1S/C18H12F3N3O2S/c19-18(20,21)16(26)22-13-9-5-4-8-12(13)15(25)24-17-23-14(10-27-17)11-6-2-1-3-7-11/h1-10H,(H,22,26)(H,23,24,25). The number of carbonyl (C=O) groups excluding carboxylic acids is 2. The van der Waals surface area contributed by atoms with Crippen LogP contribution in [0.2, 0.25) is 0 Å². The highest BCUT2D eigenvalue weighted by Crippen LogP contribution is 2.26. The number of hydrogen-bond donors (Lipinski definition) is 2. The third-order valence-corrected chi connectivity index (χ3v) is 4.23. The highest BCUT2D eigenvalue weighted by Gasteiger charge is 2.39. The summed E-state index contributed by atoms with van der Waals surface area (Å²) in [5.74, 6) is -2.83. The van der Waals surface area contributed by atoms with Crippen molar-refractivity contribution in [3.8, 4) is 11.3 Å². The fourth-order valence-corrected chi connectivity index (χ4v) is 2.94. The number of hydrogen-bond acceptors (Lipinski definition) is 4. The number of carbonyl (C=O) groups is 2. The second-order valence-electron chi connectivity index (χ2n) is 5.36. The van der Waals surface area contributed by atoms with Gasteiger partial charge in [0.1, 0.15) is 0 Å². The van der Waals surface area contributed by atoms with Crippen LogP contribution in [-0.2, 0) is 4.79 Å². The Bertz CT molecular complexity index is 971. The fourth-order valence-electron chi connectivity index (χ4n) is 2.22. The van der Waals surface area contributed by atoms with E-state index in [1.165, 1.54) is 35.6 Å². The number of halogens is 3. The van der Waals surface area contributed by atoms with E-state index in [0.29, 0.717) is 5.69 Å². The van der Waals surface area contributed by atoms with Crippen LogP contribution in [0.5, 0.6) is 0 Å². The van der Waals surface area contributed by atoms with E-state index in [1.54, 1.807) is 10.7 Å². The van der Waals surface area contributed by atoms with Gasteiger partial charge in [-0.05, 0) is 12.1 Å². The van der Waals surface area contributed by atoms with Crippen molar-refractivity contribution in [1.82, 2.24) is 4.98 Å². The summed E-state index contributed by atoms with van der Waals surface area (Å²) >= 11 is 1.18. The molecule has 0 aliphatic carbocycles. The van der Waals surface area contributed by atoms with Gasteiger partial charge in [-0.15, -0.1) is 11.3 Å². The number of nitrogens with zero attached hydrogens (tertiary/aromatic N) is 1. The van der Waals surface area contributed by atoms with Gasteiger partial charge in [0.2, 0.25) is 0 Å². The number of thiazole rings is 1. The molecular formula is C18H12F3N3O2S. The molecule has 138 valence electrons. The van der Waals surface area contributed by atoms with Gasteiger partial charge in [-0.25, -0.2) is 4.98 Å². The second-order valence-corrected chi connectivity index (χ2v) is 6.21. The fraction of sp³-hybridized carbons (Fsp3) is 0.0556. The van der Waals surface area contributed by atoms with E-state index in [2.05, 4.69) is 10.3 Å². The van der Waals surface area contributed by atoms with Crippen LogP contribution in [0, 0.1) is 0 Å². The van der Waals surface area contributed by atoms with Gasteiger partial charge >= 0.3 is 12.1 Å². The maximum absolute atomic E-state index is 12.5. The first-order valence-electron chi connectivity index (χ1n) is 7.64. The van der Waals surface area contributed by atoms with E-state index >= 15 is 0 Å². The lowest BCUT2D eigenvalue weighted by Crippen LogP contribution is -2.30. The summed E-state index contributed by atoms with van der Waals surface area (Å²) in [4.78, 5) is 27.9. The van der Waals surface area contributed by atoms with Crippen molar-refractivity contribution in [2.45, 2.75) is 6.18 Å². The summed E-state index contributed by atoms with van der Waals surface area (Å²) in [5, 5.41) is 6.28. The summed E-state index contributed by atoms with van der Waals surface area (Å²) < 4.78 is 37.4. The molecule has 27 heavy (non-hydrogen) atoms.